The van der Waals surface area contributed by atoms with Gasteiger partial charge >= 0.3 is 0 Å². The van der Waals surface area contributed by atoms with Crippen LogP contribution in [0, 0.1) is 6.92 Å². The topological polar surface area (TPSA) is 61.0 Å². The molecule has 0 spiro atoms. The number of hydrogen-bond donors (Lipinski definition) is 0. The molecule has 0 radical (unpaired) electrons. The van der Waals surface area contributed by atoms with Crippen molar-refractivity contribution in [1.82, 2.24) is 15.1 Å². The molecule has 5 heteroatoms. The van der Waals surface area contributed by atoms with E-state index in [1.165, 1.54) is 5.56 Å². The minimum Gasteiger partial charge on any atom is -0.481 e. The highest BCUT2D eigenvalue weighted by Crippen LogP contribution is 2.28. The lowest BCUT2D eigenvalue weighted by Crippen LogP contribution is -2.00. The molecule has 0 aliphatic heterocycles. The van der Waals surface area contributed by atoms with Gasteiger partial charge in [-0.25, -0.2) is 0 Å². The second-order valence-electron chi connectivity index (χ2n) is 6.17. The van der Waals surface area contributed by atoms with Crippen molar-refractivity contribution < 1.29 is 9.26 Å². The smallest absolute Gasteiger partial charge is 0.264 e. The third-order valence-electron chi connectivity index (χ3n) is 4.26. The van der Waals surface area contributed by atoms with Crippen molar-refractivity contribution in [3.8, 4) is 5.75 Å². The van der Waals surface area contributed by atoms with Crippen LogP contribution in [0.2, 0.25) is 0 Å². The van der Waals surface area contributed by atoms with E-state index in [1.54, 1.807) is 6.20 Å². The molecule has 0 bridgehead atoms. The van der Waals surface area contributed by atoms with E-state index in [1.807, 2.05) is 49.4 Å². The number of benzene rings is 2. The van der Waals surface area contributed by atoms with E-state index in [4.69, 9.17) is 9.26 Å². The standard InChI is InChI=1S/C21H19N3O2/c1-15-9-11-17-8-5-13-22-20(17)21(15)25-14-19-23-18(24-26-19)12-10-16-6-3-2-4-7-16/h2-9,11,13H,10,12,14H2,1H3. The summed E-state index contributed by atoms with van der Waals surface area (Å²) < 4.78 is 11.3. The lowest BCUT2D eigenvalue weighted by molar-refractivity contribution is 0.243. The lowest BCUT2D eigenvalue weighted by atomic mass is 10.1. The van der Waals surface area contributed by atoms with Gasteiger partial charge in [-0.1, -0.05) is 53.7 Å². The molecule has 2 aromatic carbocycles. The van der Waals surface area contributed by atoms with Crippen molar-refractivity contribution >= 4 is 10.9 Å². The fraction of sp³-hybridized carbons (Fsp3) is 0.190. The van der Waals surface area contributed by atoms with E-state index in [0.717, 1.165) is 35.1 Å². The van der Waals surface area contributed by atoms with Gasteiger partial charge in [0.25, 0.3) is 5.89 Å². The van der Waals surface area contributed by atoms with Crippen LogP contribution in [-0.4, -0.2) is 15.1 Å². The van der Waals surface area contributed by atoms with Crippen molar-refractivity contribution in [2.45, 2.75) is 26.4 Å². The van der Waals surface area contributed by atoms with Crippen LogP contribution in [0.1, 0.15) is 22.8 Å². The molecule has 4 rings (SSSR count). The van der Waals surface area contributed by atoms with Gasteiger partial charge in [-0.2, -0.15) is 4.98 Å². The van der Waals surface area contributed by atoms with Crippen molar-refractivity contribution in [1.29, 1.82) is 0 Å². The molecule has 0 aliphatic carbocycles. The summed E-state index contributed by atoms with van der Waals surface area (Å²) in [7, 11) is 0. The Morgan fingerprint density at radius 2 is 1.85 bits per heavy atom. The fourth-order valence-electron chi connectivity index (χ4n) is 2.89. The molecule has 130 valence electrons. The number of aryl methyl sites for hydroxylation is 3. The van der Waals surface area contributed by atoms with E-state index >= 15 is 0 Å². The summed E-state index contributed by atoms with van der Waals surface area (Å²) in [5, 5.41) is 5.09. The van der Waals surface area contributed by atoms with Gasteiger partial charge in [-0.05, 0) is 30.5 Å². The number of ether oxygens (including phenoxy) is 1. The molecule has 5 nitrogen and oxygen atoms in total. The molecule has 0 unspecified atom stereocenters. The van der Waals surface area contributed by atoms with Gasteiger partial charge in [0.2, 0.25) is 0 Å². The number of rotatable bonds is 6. The zero-order valence-electron chi connectivity index (χ0n) is 14.6. The quantitative estimate of drug-likeness (QED) is 0.522. The number of hydrogen-bond acceptors (Lipinski definition) is 5. The largest absolute Gasteiger partial charge is 0.481 e. The van der Waals surface area contributed by atoms with E-state index in [9.17, 15) is 0 Å². The second-order valence-corrected chi connectivity index (χ2v) is 6.17. The SMILES string of the molecule is Cc1ccc2cccnc2c1OCc1nc(CCc2ccccc2)no1. The first-order valence-corrected chi connectivity index (χ1v) is 8.62. The molecule has 0 fully saturated rings. The third-order valence-corrected chi connectivity index (χ3v) is 4.26. The molecule has 0 amide bonds. The normalized spacial score (nSPS) is 11.0. The molecule has 2 aromatic heterocycles. The Balaban J connectivity index is 1.43. The van der Waals surface area contributed by atoms with Crippen LogP contribution in [0.25, 0.3) is 10.9 Å². The summed E-state index contributed by atoms with van der Waals surface area (Å²) in [6.45, 7) is 2.23. The Hall–Kier alpha value is -3.21. The van der Waals surface area contributed by atoms with Crippen molar-refractivity contribution in [2.24, 2.45) is 0 Å². The van der Waals surface area contributed by atoms with Crippen molar-refractivity contribution in [2.75, 3.05) is 0 Å². The Morgan fingerprint density at radius 3 is 2.73 bits per heavy atom. The Morgan fingerprint density at radius 1 is 0.962 bits per heavy atom. The van der Waals surface area contributed by atoms with Crippen LogP contribution in [0.15, 0.2) is 65.3 Å². The first-order chi connectivity index (χ1) is 12.8. The monoisotopic (exact) mass is 345 g/mol. The zero-order chi connectivity index (χ0) is 17.8. The summed E-state index contributed by atoms with van der Waals surface area (Å²) >= 11 is 0. The van der Waals surface area contributed by atoms with Crippen molar-refractivity contribution in [3.63, 3.8) is 0 Å². The highest BCUT2D eigenvalue weighted by Gasteiger charge is 2.11. The van der Waals surface area contributed by atoms with Crippen molar-refractivity contribution in [3.05, 3.63) is 83.6 Å². The minimum atomic E-state index is 0.231. The Labute approximate surface area is 151 Å². The summed E-state index contributed by atoms with van der Waals surface area (Å²) in [6, 6.07) is 18.3. The van der Waals surface area contributed by atoms with Crippen LogP contribution in [0.5, 0.6) is 5.75 Å². The third kappa shape index (κ3) is 3.57. The highest BCUT2D eigenvalue weighted by atomic mass is 16.5. The molecule has 0 aliphatic rings. The average molecular weight is 345 g/mol. The maximum absolute atomic E-state index is 5.95. The highest BCUT2D eigenvalue weighted by molar-refractivity contribution is 5.85. The van der Waals surface area contributed by atoms with Gasteiger partial charge < -0.3 is 9.26 Å². The van der Waals surface area contributed by atoms with E-state index < -0.39 is 0 Å². The zero-order valence-corrected chi connectivity index (χ0v) is 14.6. The van der Waals surface area contributed by atoms with Gasteiger partial charge in [0.1, 0.15) is 11.3 Å². The fourth-order valence-corrected chi connectivity index (χ4v) is 2.89. The van der Waals surface area contributed by atoms with Crippen LogP contribution in [-0.2, 0) is 19.4 Å². The Bertz CT molecular complexity index is 1010. The van der Waals surface area contributed by atoms with Gasteiger partial charge in [-0.15, -0.1) is 0 Å². The summed E-state index contributed by atoms with van der Waals surface area (Å²) in [5.74, 6) is 1.92. The molecule has 0 N–H and O–H groups in total. The van der Waals surface area contributed by atoms with Crippen LogP contribution >= 0.6 is 0 Å². The average Bonchev–Trinajstić information content (AvgIpc) is 3.14. The van der Waals surface area contributed by atoms with Gasteiger partial charge in [0.15, 0.2) is 12.4 Å². The molecule has 0 saturated carbocycles. The van der Waals surface area contributed by atoms with Gasteiger partial charge in [-0.3, -0.25) is 4.98 Å². The van der Waals surface area contributed by atoms with Crippen LogP contribution in [0.4, 0.5) is 0 Å². The van der Waals surface area contributed by atoms with Crippen LogP contribution in [0.3, 0.4) is 0 Å². The van der Waals surface area contributed by atoms with Gasteiger partial charge in [0.05, 0.1) is 0 Å². The lowest BCUT2D eigenvalue weighted by Gasteiger charge is -2.09. The number of nitrogens with zero attached hydrogens (tertiary/aromatic N) is 3. The van der Waals surface area contributed by atoms with E-state index in [0.29, 0.717) is 11.7 Å². The number of fused-ring (bicyclic) bond motifs is 1. The van der Waals surface area contributed by atoms with E-state index in [-0.39, 0.29) is 6.61 Å². The molecule has 2 heterocycles. The first-order valence-electron chi connectivity index (χ1n) is 8.62. The molecule has 0 atom stereocenters. The summed E-state index contributed by atoms with van der Waals surface area (Å²) in [5.41, 5.74) is 3.13. The minimum absolute atomic E-state index is 0.231. The molecule has 4 aromatic rings. The van der Waals surface area contributed by atoms with Gasteiger partial charge in [0, 0.05) is 18.0 Å². The number of aromatic nitrogens is 3. The predicted molar refractivity (Wildman–Crippen MR) is 99.0 cm³/mol. The predicted octanol–water partition coefficient (Wildman–Crippen LogP) is 4.29. The first kappa shape index (κ1) is 16.3. The molecule has 26 heavy (non-hydrogen) atoms. The van der Waals surface area contributed by atoms with Crippen LogP contribution < -0.4 is 4.74 Å². The maximum Gasteiger partial charge on any atom is 0.264 e. The van der Waals surface area contributed by atoms with E-state index in [2.05, 4.69) is 27.3 Å². The molecular weight excluding hydrogens is 326 g/mol. The Kier molecular flexibility index (Phi) is 4.60. The molecular formula is C21H19N3O2. The molecule has 0 saturated heterocycles. The second kappa shape index (κ2) is 7.35. The number of pyridine rings is 1. The summed E-state index contributed by atoms with van der Waals surface area (Å²) in [4.78, 5) is 8.86. The maximum atomic E-state index is 5.95. The summed E-state index contributed by atoms with van der Waals surface area (Å²) in [6.07, 6.45) is 3.39.